The van der Waals surface area contributed by atoms with E-state index in [0.717, 1.165) is 0 Å². The van der Waals surface area contributed by atoms with Crippen molar-refractivity contribution in [1.29, 1.82) is 0 Å². The zero-order valence-corrected chi connectivity index (χ0v) is 20.7. The number of ketones is 1. The molecular formula is C26H24BrN3O4. The summed E-state index contributed by atoms with van der Waals surface area (Å²) in [6.07, 6.45) is 1.52. The maximum Gasteiger partial charge on any atom is 0.259 e. The highest BCUT2D eigenvalue weighted by Gasteiger charge is 2.17. The van der Waals surface area contributed by atoms with Gasteiger partial charge in [-0.15, -0.1) is 5.10 Å². The summed E-state index contributed by atoms with van der Waals surface area (Å²) in [6.45, 7) is -0.123. The van der Waals surface area contributed by atoms with Crippen molar-refractivity contribution in [2.45, 2.75) is 0 Å². The van der Waals surface area contributed by atoms with Crippen LogP contribution in [-0.2, 0) is 4.79 Å². The van der Waals surface area contributed by atoms with Crippen molar-refractivity contribution < 1.29 is 19.1 Å². The number of hydrogen-bond acceptors (Lipinski definition) is 6. The van der Waals surface area contributed by atoms with Crippen LogP contribution in [0.1, 0.15) is 21.5 Å². The maximum absolute atomic E-state index is 13.1. The molecule has 3 aromatic rings. The second-order valence-electron chi connectivity index (χ2n) is 7.37. The zero-order chi connectivity index (χ0) is 24.5. The number of halogens is 1. The van der Waals surface area contributed by atoms with Crippen molar-refractivity contribution in [3.8, 4) is 11.5 Å². The van der Waals surface area contributed by atoms with Gasteiger partial charge in [0.25, 0.3) is 5.91 Å². The molecule has 8 heteroatoms. The minimum absolute atomic E-state index is 0.123. The molecule has 0 aliphatic carbocycles. The topological polar surface area (TPSA) is 80.6 Å². The van der Waals surface area contributed by atoms with Crippen molar-refractivity contribution in [3.63, 3.8) is 0 Å². The zero-order valence-electron chi connectivity index (χ0n) is 19.1. The van der Waals surface area contributed by atoms with Crippen LogP contribution in [0.4, 0.5) is 0 Å². The average molecular weight is 522 g/mol. The van der Waals surface area contributed by atoms with Gasteiger partial charge in [0, 0.05) is 25.2 Å². The Kier molecular flexibility index (Phi) is 8.70. The normalized spacial score (nSPS) is 11.4. The number of Topliss-reactive ketones (excluding diaryl/α,β-unsaturated/α-hetero) is 1. The molecule has 0 aliphatic rings. The molecule has 0 spiro atoms. The molecule has 0 heterocycles. The fourth-order valence-corrected chi connectivity index (χ4v) is 3.50. The van der Waals surface area contributed by atoms with Gasteiger partial charge >= 0.3 is 0 Å². The van der Waals surface area contributed by atoms with E-state index in [-0.39, 0.29) is 24.0 Å². The van der Waals surface area contributed by atoms with Crippen LogP contribution < -0.4 is 9.47 Å². The summed E-state index contributed by atoms with van der Waals surface area (Å²) >= 11 is 3.46. The predicted molar refractivity (Wildman–Crippen MR) is 136 cm³/mol. The Hall–Kier alpha value is -3.78. The highest BCUT2D eigenvalue weighted by molar-refractivity contribution is 9.10. The number of methoxy groups -OCH3 is 1. The van der Waals surface area contributed by atoms with Crippen LogP contribution >= 0.6 is 15.9 Å². The van der Waals surface area contributed by atoms with E-state index in [0.29, 0.717) is 32.7 Å². The Balaban J connectivity index is 1.89. The average Bonchev–Trinajstić information content (AvgIpc) is 2.86. The molecule has 0 N–H and O–H groups in total. The monoisotopic (exact) mass is 521 g/mol. The molecule has 0 fully saturated rings. The summed E-state index contributed by atoms with van der Waals surface area (Å²) in [6, 6.07) is 21.6. The Morgan fingerprint density at radius 2 is 1.59 bits per heavy atom. The summed E-state index contributed by atoms with van der Waals surface area (Å²) in [5, 5.41) is 8.42. The van der Waals surface area contributed by atoms with Crippen LogP contribution in [0.2, 0.25) is 0 Å². The number of benzene rings is 3. The first-order valence-corrected chi connectivity index (χ1v) is 11.2. The summed E-state index contributed by atoms with van der Waals surface area (Å²) in [4.78, 5) is 26.4. The molecule has 0 aliphatic heterocycles. The van der Waals surface area contributed by atoms with Crippen LogP contribution in [0.3, 0.4) is 0 Å². The lowest BCUT2D eigenvalue weighted by atomic mass is 10.0. The van der Waals surface area contributed by atoms with Gasteiger partial charge in [0.2, 0.25) is 5.78 Å². The van der Waals surface area contributed by atoms with Crippen LogP contribution in [0.5, 0.6) is 11.5 Å². The third kappa shape index (κ3) is 6.39. The van der Waals surface area contributed by atoms with Crippen LogP contribution in [0, 0.1) is 0 Å². The van der Waals surface area contributed by atoms with Gasteiger partial charge in [0.15, 0.2) is 18.1 Å². The van der Waals surface area contributed by atoms with Gasteiger partial charge in [-0.3, -0.25) is 9.59 Å². The Bertz CT molecular complexity index is 1210. The van der Waals surface area contributed by atoms with Gasteiger partial charge in [-0.2, -0.15) is 5.10 Å². The largest absolute Gasteiger partial charge is 0.493 e. The minimum atomic E-state index is -0.225. The first-order chi connectivity index (χ1) is 16.4. The van der Waals surface area contributed by atoms with E-state index in [2.05, 4.69) is 26.1 Å². The first-order valence-electron chi connectivity index (χ1n) is 10.4. The van der Waals surface area contributed by atoms with Gasteiger partial charge in [0.05, 0.1) is 17.8 Å². The first kappa shape index (κ1) is 24.9. The SMILES string of the molecule is COc1cc(/C=N\N=C(/C(=O)c2ccccc2)c2ccccc2)cc(Br)c1OCC(=O)N(C)C. The number of rotatable bonds is 9. The molecule has 1 amide bonds. The van der Waals surface area contributed by atoms with Crippen LogP contribution in [0.25, 0.3) is 0 Å². The molecule has 0 aromatic heterocycles. The van der Waals surface area contributed by atoms with Crippen LogP contribution in [-0.4, -0.2) is 56.3 Å². The summed E-state index contributed by atoms with van der Waals surface area (Å²) in [5.41, 5.74) is 2.09. The standard InChI is InChI=1S/C26H24BrN3O4/c1-30(2)23(31)17-34-26-21(27)14-18(15-22(26)33-3)16-28-29-24(19-10-6-4-7-11-19)25(32)20-12-8-5-9-13-20/h4-16H,17H2,1-3H3/b28-16-,29-24-. The van der Waals surface area contributed by atoms with Gasteiger partial charge in [-0.05, 0) is 33.6 Å². The van der Waals surface area contributed by atoms with E-state index < -0.39 is 0 Å². The predicted octanol–water partition coefficient (Wildman–Crippen LogP) is 4.63. The Labute approximate surface area is 206 Å². The van der Waals surface area contributed by atoms with Gasteiger partial charge in [-0.1, -0.05) is 60.7 Å². The summed E-state index contributed by atoms with van der Waals surface area (Å²) in [7, 11) is 4.82. The van der Waals surface area contributed by atoms with Crippen molar-refractivity contribution in [3.05, 3.63) is 94.0 Å². The molecule has 7 nitrogen and oxygen atoms in total. The smallest absolute Gasteiger partial charge is 0.259 e. The Morgan fingerprint density at radius 3 is 2.18 bits per heavy atom. The maximum atomic E-state index is 13.1. The number of carbonyl (C=O) groups excluding carboxylic acids is 2. The van der Waals surface area contributed by atoms with E-state index >= 15 is 0 Å². The lowest BCUT2D eigenvalue weighted by Gasteiger charge is -2.15. The molecule has 0 atom stereocenters. The number of hydrogen-bond donors (Lipinski definition) is 0. The highest BCUT2D eigenvalue weighted by Crippen LogP contribution is 2.36. The van der Waals surface area contributed by atoms with Crippen molar-refractivity contribution in [2.24, 2.45) is 10.2 Å². The fourth-order valence-electron chi connectivity index (χ4n) is 2.93. The fraction of sp³-hybridized carbons (Fsp3) is 0.154. The number of likely N-dealkylation sites (N-methyl/N-ethyl adjacent to an activating group) is 1. The van der Waals surface area contributed by atoms with Gasteiger partial charge in [-0.25, -0.2) is 0 Å². The van der Waals surface area contributed by atoms with Crippen LogP contribution in [0.15, 0.2) is 87.5 Å². The minimum Gasteiger partial charge on any atom is -0.493 e. The third-order valence-corrected chi connectivity index (χ3v) is 5.34. The van der Waals surface area contributed by atoms with E-state index in [4.69, 9.17) is 9.47 Å². The van der Waals surface area contributed by atoms with E-state index in [9.17, 15) is 9.59 Å². The number of carbonyl (C=O) groups is 2. The molecule has 3 rings (SSSR count). The van der Waals surface area contributed by atoms with Gasteiger partial charge in [0.1, 0.15) is 5.71 Å². The molecule has 0 saturated carbocycles. The highest BCUT2D eigenvalue weighted by atomic mass is 79.9. The molecule has 3 aromatic carbocycles. The molecule has 0 radical (unpaired) electrons. The molecular weight excluding hydrogens is 498 g/mol. The number of ether oxygens (including phenoxy) is 2. The van der Waals surface area contributed by atoms with E-state index in [1.165, 1.54) is 18.2 Å². The van der Waals surface area contributed by atoms with E-state index in [1.54, 1.807) is 50.5 Å². The lowest BCUT2D eigenvalue weighted by Crippen LogP contribution is -2.27. The van der Waals surface area contributed by atoms with Crippen molar-refractivity contribution in [1.82, 2.24) is 4.90 Å². The molecule has 0 unspecified atom stereocenters. The second kappa shape index (κ2) is 11.9. The number of nitrogens with zero attached hydrogens (tertiary/aromatic N) is 3. The quantitative estimate of drug-likeness (QED) is 0.233. The van der Waals surface area contributed by atoms with Gasteiger partial charge < -0.3 is 14.4 Å². The van der Waals surface area contributed by atoms with Crippen molar-refractivity contribution in [2.75, 3.05) is 27.8 Å². The third-order valence-electron chi connectivity index (χ3n) is 4.75. The second-order valence-corrected chi connectivity index (χ2v) is 8.22. The number of amides is 1. The van der Waals surface area contributed by atoms with E-state index in [1.807, 2.05) is 36.4 Å². The molecule has 34 heavy (non-hydrogen) atoms. The lowest BCUT2D eigenvalue weighted by molar-refractivity contribution is -0.130. The van der Waals surface area contributed by atoms with Crippen molar-refractivity contribution >= 4 is 39.5 Å². The Morgan fingerprint density at radius 1 is 0.971 bits per heavy atom. The molecule has 0 saturated heterocycles. The molecule has 174 valence electrons. The molecule has 0 bridgehead atoms. The summed E-state index contributed by atoms with van der Waals surface area (Å²) in [5.74, 6) is 0.431. The summed E-state index contributed by atoms with van der Waals surface area (Å²) < 4.78 is 11.6.